The van der Waals surface area contributed by atoms with E-state index in [-0.39, 0.29) is 17.6 Å². The van der Waals surface area contributed by atoms with Crippen molar-refractivity contribution in [1.29, 1.82) is 0 Å². The Morgan fingerprint density at radius 2 is 1.76 bits per heavy atom. The van der Waals surface area contributed by atoms with Gasteiger partial charge in [-0.1, -0.05) is 31.2 Å². The summed E-state index contributed by atoms with van der Waals surface area (Å²) in [7, 11) is 0. The first-order valence-corrected chi connectivity index (χ1v) is 9.03. The smallest absolute Gasteiger partial charge is 0.225 e. The van der Waals surface area contributed by atoms with Crippen LogP contribution in [0.25, 0.3) is 0 Å². The van der Waals surface area contributed by atoms with E-state index in [4.69, 9.17) is 0 Å². The molecule has 0 aromatic heterocycles. The van der Waals surface area contributed by atoms with Crippen LogP contribution in [0.15, 0.2) is 48.5 Å². The molecular weight excluding hydrogens is 315 g/mol. The molecule has 1 atom stereocenters. The molecule has 1 fully saturated rings. The van der Waals surface area contributed by atoms with Crippen molar-refractivity contribution in [1.82, 2.24) is 0 Å². The van der Waals surface area contributed by atoms with Gasteiger partial charge in [0.1, 0.15) is 5.82 Å². The Bertz CT molecular complexity index is 708. The maximum absolute atomic E-state index is 13.0. The van der Waals surface area contributed by atoms with E-state index < -0.39 is 0 Å². The Morgan fingerprint density at radius 1 is 1.08 bits per heavy atom. The fraction of sp³-hybridized carbons (Fsp3) is 0.381. The predicted octanol–water partition coefficient (Wildman–Crippen LogP) is 4.95. The third-order valence-electron chi connectivity index (χ3n) is 4.81. The van der Waals surface area contributed by atoms with E-state index in [1.165, 1.54) is 31.4 Å². The van der Waals surface area contributed by atoms with Crippen molar-refractivity contribution in [2.75, 3.05) is 23.3 Å². The highest BCUT2D eigenvalue weighted by Gasteiger charge is 2.17. The van der Waals surface area contributed by atoms with E-state index in [1.54, 1.807) is 12.1 Å². The number of para-hydroxylation sites is 2. The Labute approximate surface area is 148 Å². The molecule has 1 aliphatic rings. The van der Waals surface area contributed by atoms with Crippen LogP contribution in [0.1, 0.15) is 44.1 Å². The van der Waals surface area contributed by atoms with E-state index in [2.05, 4.69) is 16.3 Å². The maximum atomic E-state index is 13.0. The first-order chi connectivity index (χ1) is 12.1. The standard InChI is InChI=1S/C21H25FN2O/c1-16(17-9-11-18(22)12-10-17)15-21(25)23-19-7-3-4-8-20(19)24-13-5-2-6-14-24/h3-4,7-12,16H,2,5-6,13-15H2,1H3,(H,23,25). The van der Waals surface area contributed by atoms with Crippen molar-refractivity contribution < 1.29 is 9.18 Å². The molecule has 0 radical (unpaired) electrons. The van der Waals surface area contributed by atoms with Gasteiger partial charge >= 0.3 is 0 Å². The molecule has 3 nitrogen and oxygen atoms in total. The molecule has 2 aromatic carbocycles. The zero-order valence-electron chi connectivity index (χ0n) is 14.7. The summed E-state index contributed by atoms with van der Waals surface area (Å²) < 4.78 is 13.0. The predicted molar refractivity (Wildman–Crippen MR) is 101 cm³/mol. The number of nitrogens with one attached hydrogen (secondary N) is 1. The van der Waals surface area contributed by atoms with Gasteiger partial charge in [-0.2, -0.15) is 0 Å². The largest absolute Gasteiger partial charge is 0.370 e. The summed E-state index contributed by atoms with van der Waals surface area (Å²) in [5.74, 6) is -0.222. The number of hydrogen-bond donors (Lipinski definition) is 1. The molecule has 1 saturated heterocycles. The monoisotopic (exact) mass is 340 g/mol. The highest BCUT2D eigenvalue weighted by atomic mass is 19.1. The SMILES string of the molecule is CC(CC(=O)Nc1ccccc1N1CCCCC1)c1ccc(F)cc1. The Morgan fingerprint density at radius 3 is 2.48 bits per heavy atom. The van der Waals surface area contributed by atoms with Gasteiger partial charge in [0, 0.05) is 19.5 Å². The lowest BCUT2D eigenvalue weighted by atomic mass is 9.97. The number of piperidine rings is 1. The molecule has 4 heteroatoms. The maximum Gasteiger partial charge on any atom is 0.225 e. The number of halogens is 1. The molecule has 0 spiro atoms. The van der Waals surface area contributed by atoms with Gasteiger partial charge in [0.15, 0.2) is 0 Å². The Kier molecular flexibility index (Phi) is 5.69. The van der Waals surface area contributed by atoms with Crippen LogP contribution in [0, 0.1) is 5.82 Å². The second kappa shape index (κ2) is 8.15. The average Bonchev–Trinajstić information content (AvgIpc) is 2.63. The molecule has 132 valence electrons. The normalized spacial score (nSPS) is 15.7. The summed E-state index contributed by atoms with van der Waals surface area (Å²) in [6.45, 7) is 4.07. The summed E-state index contributed by atoms with van der Waals surface area (Å²) in [4.78, 5) is 14.8. The van der Waals surface area contributed by atoms with Crippen molar-refractivity contribution in [3.05, 3.63) is 59.9 Å². The molecular formula is C21H25FN2O. The van der Waals surface area contributed by atoms with Gasteiger partial charge in [0.05, 0.1) is 11.4 Å². The van der Waals surface area contributed by atoms with Crippen LogP contribution < -0.4 is 10.2 Å². The van der Waals surface area contributed by atoms with Crippen molar-refractivity contribution in [2.45, 2.75) is 38.5 Å². The summed E-state index contributed by atoms with van der Waals surface area (Å²) in [5, 5.41) is 3.07. The summed E-state index contributed by atoms with van der Waals surface area (Å²) in [6.07, 6.45) is 4.05. The Hall–Kier alpha value is -2.36. The van der Waals surface area contributed by atoms with Gasteiger partial charge < -0.3 is 10.2 Å². The minimum Gasteiger partial charge on any atom is -0.370 e. The van der Waals surface area contributed by atoms with E-state index in [9.17, 15) is 9.18 Å². The molecule has 25 heavy (non-hydrogen) atoms. The van der Waals surface area contributed by atoms with Crippen LogP contribution >= 0.6 is 0 Å². The lowest BCUT2D eigenvalue weighted by Gasteiger charge is -2.30. The van der Waals surface area contributed by atoms with E-state index in [1.807, 2.05) is 25.1 Å². The molecule has 1 N–H and O–H groups in total. The summed E-state index contributed by atoms with van der Waals surface area (Å²) >= 11 is 0. The van der Waals surface area contributed by atoms with Gasteiger partial charge in [0.25, 0.3) is 0 Å². The fourth-order valence-corrected chi connectivity index (χ4v) is 3.38. The minimum atomic E-state index is -0.254. The Balaban J connectivity index is 1.65. The molecule has 1 aliphatic heterocycles. The second-order valence-electron chi connectivity index (χ2n) is 6.77. The lowest BCUT2D eigenvalue weighted by molar-refractivity contribution is -0.116. The zero-order valence-corrected chi connectivity index (χ0v) is 14.7. The van der Waals surface area contributed by atoms with Crippen LogP contribution in [0.3, 0.4) is 0 Å². The first kappa shape index (κ1) is 17.5. The number of hydrogen-bond acceptors (Lipinski definition) is 2. The minimum absolute atomic E-state index is 0.0127. The van der Waals surface area contributed by atoms with Crippen LogP contribution in [-0.2, 0) is 4.79 Å². The quantitative estimate of drug-likeness (QED) is 0.835. The van der Waals surface area contributed by atoms with Crippen molar-refractivity contribution in [2.24, 2.45) is 0 Å². The number of rotatable bonds is 5. The van der Waals surface area contributed by atoms with Crippen molar-refractivity contribution in [3.63, 3.8) is 0 Å². The zero-order chi connectivity index (χ0) is 17.6. The van der Waals surface area contributed by atoms with Crippen molar-refractivity contribution in [3.8, 4) is 0 Å². The molecule has 0 bridgehead atoms. The molecule has 0 aliphatic carbocycles. The highest BCUT2D eigenvalue weighted by Crippen LogP contribution is 2.29. The van der Waals surface area contributed by atoms with Crippen LogP contribution in [0.4, 0.5) is 15.8 Å². The second-order valence-corrected chi connectivity index (χ2v) is 6.77. The van der Waals surface area contributed by atoms with Gasteiger partial charge in [-0.3, -0.25) is 4.79 Å². The molecule has 1 heterocycles. The summed E-state index contributed by atoms with van der Waals surface area (Å²) in [5.41, 5.74) is 2.95. The number of amides is 1. The van der Waals surface area contributed by atoms with Gasteiger partial charge in [-0.05, 0) is 55.0 Å². The molecule has 1 amide bonds. The third kappa shape index (κ3) is 4.59. The van der Waals surface area contributed by atoms with Crippen molar-refractivity contribution >= 4 is 17.3 Å². The highest BCUT2D eigenvalue weighted by molar-refractivity contribution is 5.94. The van der Waals surface area contributed by atoms with Gasteiger partial charge in [-0.25, -0.2) is 4.39 Å². The van der Waals surface area contributed by atoms with Crippen LogP contribution in [0.2, 0.25) is 0 Å². The number of benzene rings is 2. The number of carbonyl (C=O) groups excluding carboxylic acids is 1. The fourth-order valence-electron chi connectivity index (χ4n) is 3.38. The van der Waals surface area contributed by atoms with Crippen LogP contribution in [0.5, 0.6) is 0 Å². The average molecular weight is 340 g/mol. The number of carbonyl (C=O) groups is 1. The molecule has 0 saturated carbocycles. The van der Waals surface area contributed by atoms with Gasteiger partial charge in [0.2, 0.25) is 5.91 Å². The molecule has 2 aromatic rings. The first-order valence-electron chi connectivity index (χ1n) is 9.03. The molecule has 1 unspecified atom stereocenters. The van der Waals surface area contributed by atoms with Gasteiger partial charge in [-0.15, -0.1) is 0 Å². The van der Waals surface area contributed by atoms with Crippen LogP contribution in [-0.4, -0.2) is 19.0 Å². The number of anilines is 2. The topological polar surface area (TPSA) is 32.3 Å². The third-order valence-corrected chi connectivity index (χ3v) is 4.81. The van der Waals surface area contributed by atoms with E-state index >= 15 is 0 Å². The van der Waals surface area contributed by atoms with E-state index in [0.29, 0.717) is 6.42 Å². The number of nitrogens with zero attached hydrogens (tertiary/aromatic N) is 1. The lowest BCUT2D eigenvalue weighted by Crippen LogP contribution is -2.30. The molecule has 3 rings (SSSR count). The van der Waals surface area contributed by atoms with E-state index in [0.717, 1.165) is 30.0 Å². The summed E-state index contributed by atoms with van der Waals surface area (Å²) in [6, 6.07) is 14.4.